The third kappa shape index (κ3) is 3.18. The Morgan fingerprint density at radius 1 is 1.16 bits per heavy atom. The molecule has 0 aromatic heterocycles. The van der Waals surface area contributed by atoms with Crippen LogP contribution in [0.5, 0.6) is 0 Å². The van der Waals surface area contributed by atoms with Gasteiger partial charge < -0.3 is 5.73 Å². The van der Waals surface area contributed by atoms with Gasteiger partial charge >= 0.3 is 0 Å². The van der Waals surface area contributed by atoms with Gasteiger partial charge in [0, 0.05) is 25.2 Å². The van der Waals surface area contributed by atoms with Crippen LogP contribution in [0.2, 0.25) is 0 Å². The van der Waals surface area contributed by atoms with E-state index in [0.717, 1.165) is 18.5 Å². The molecule has 19 heavy (non-hydrogen) atoms. The van der Waals surface area contributed by atoms with Gasteiger partial charge in [-0.1, -0.05) is 36.2 Å². The van der Waals surface area contributed by atoms with Crippen molar-refractivity contribution >= 4 is 0 Å². The average Bonchev–Trinajstić information content (AvgIpc) is 2.29. The first-order valence-electron chi connectivity index (χ1n) is 7.76. The molecule has 2 N–H and O–H groups in total. The van der Waals surface area contributed by atoms with E-state index in [1.165, 1.54) is 49.8 Å². The zero-order valence-corrected chi connectivity index (χ0v) is 12.0. The minimum atomic E-state index is 0.379. The number of rotatable bonds is 3. The molecule has 1 aliphatic carbocycles. The van der Waals surface area contributed by atoms with Crippen LogP contribution in [-0.4, -0.2) is 30.1 Å². The van der Waals surface area contributed by atoms with Crippen LogP contribution < -0.4 is 5.73 Å². The summed E-state index contributed by atoms with van der Waals surface area (Å²) in [7, 11) is 0. The Labute approximate surface area is 117 Å². The largest absolute Gasteiger partial charge is 0.327 e. The maximum Gasteiger partial charge on any atom is 0.0171 e. The minimum absolute atomic E-state index is 0.379. The fourth-order valence-corrected chi connectivity index (χ4v) is 3.54. The quantitative estimate of drug-likeness (QED) is 0.903. The highest BCUT2D eigenvalue weighted by atomic mass is 15.2. The molecule has 1 saturated carbocycles. The molecule has 2 nitrogen and oxygen atoms in total. The maximum atomic E-state index is 6.27. The second-order valence-electron chi connectivity index (χ2n) is 6.59. The molecule has 2 fully saturated rings. The first-order valence-corrected chi connectivity index (χ1v) is 7.76. The van der Waals surface area contributed by atoms with E-state index in [9.17, 15) is 0 Å². The van der Waals surface area contributed by atoms with Gasteiger partial charge in [0.15, 0.2) is 0 Å². The summed E-state index contributed by atoms with van der Waals surface area (Å²) in [5.41, 5.74) is 9.09. The molecule has 1 aromatic rings. The molecule has 0 radical (unpaired) electrons. The molecule has 2 heteroatoms. The standard InChI is InChI=1S/C17H26N2/c1-13-5-7-14(8-6-13)9-15-10-16(18)12-19(11-15)17-3-2-4-17/h5-8,15-17H,2-4,9-12,18H2,1H3. The second-order valence-corrected chi connectivity index (χ2v) is 6.59. The van der Waals surface area contributed by atoms with E-state index in [1.54, 1.807) is 0 Å². The van der Waals surface area contributed by atoms with Gasteiger partial charge in [0.25, 0.3) is 0 Å². The summed E-state index contributed by atoms with van der Waals surface area (Å²) in [6.07, 6.45) is 6.58. The molecular formula is C17H26N2. The van der Waals surface area contributed by atoms with E-state index in [2.05, 4.69) is 36.1 Å². The van der Waals surface area contributed by atoms with Crippen LogP contribution >= 0.6 is 0 Å². The van der Waals surface area contributed by atoms with E-state index < -0.39 is 0 Å². The molecule has 2 unspecified atom stereocenters. The van der Waals surface area contributed by atoms with Crippen molar-refractivity contribution in [2.75, 3.05) is 13.1 Å². The first-order chi connectivity index (χ1) is 9.20. The molecule has 0 spiro atoms. The lowest BCUT2D eigenvalue weighted by atomic mass is 9.84. The summed E-state index contributed by atoms with van der Waals surface area (Å²) in [4.78, 5) is 2.66. The van der Waals surface area contributed by atoms with Crippen LogP contribution in [0.4, 0.5) is 0 Å². The highest BCUT2D eigenvalue weighted by molar-refractivity contribution is 5.21. The Morgan fingerprint density at radius 3 is 2.53 bits per heavy atom. The van der Waals surface area contributed by atoms with Crippen molar-refractivity contribution in [2.24, 2.45) is 11.7 Å². The monoisotopic (exact) mass is 258 g/mol. The molecule has 0 bridgehead atoms. The molecule has 1 heterocycles. The van der Waals surface area contributed by atoms with Crippen LogP contribution in [-0.2, 0) is 6.42 Å². The Bertz CT molecular complexity index is 408. The van der Waals surface area contributed by atoms with E-state index in [1.807, 2.05) is 0 Å². The summed E-state index contributed by atoms with van der Waals surface area (Å²) in [5, 5.41) is 0. The van der Waals surface area contributed by atoms with Crippen LogP contribution in [0.3, 0.4) is 0 Å². The van der Waals surface area contributed by atoms with Crippen molar-refractivity contribution in [3.05, 3.63) is 35.4 Å². The summed E-state index contributed by atoms with van der Waals surface area (Å²) >= 11 is 0. The van der Waals surface area contributed by atoms with Gasteiger partial charge in [0.1, 0.15) is 0 Å². The highest BCUT2D eigenvalue weighted by Gasteiger charge is 2.32. The molecule has 2 atom stereocenters. The summed E-state index contributed by atoms with van der Waals surface area (Å²) in [6.45, 7) is 4.53. The second kappa shape index (κ2) is 5.64. The number of hydrogen-bond acceptors (Lipinski definition) is 2. The number of hydrogen-bond donors (Lipinski definition) is 1. The van der Waals surface area contributed by atoms with Crippen molar-refractivity contribution in [2.45, 2.75) is 51.1 Å². The van der Waals surface area contributed by atoms with Gasteiger partial charge in [-0.05, 0) is 44.1 Å². The summed E-state index contributed by atoms with van der Waals surface area (Å²) in [6, 6.07) is 10.2. The third-order valence-corrected chi connectivity index (χ3v) is 4.83. The lowest BCUT2D eigenvalue weighted by Gasteiger charge is -2.44. The Hall–Kier alpha value is -0.860. The molecule has 0 amide bonds. The number of likely N-dealkylation sites (tertiary alicyclic amines) is 1. The number of nitrogens with two attached hydrogens (primary N) is 1. The molecule has 1 saturated heterocycles. The molecular weight excluding hydrogens is 232 g/mol. The molecule has 1 aromatic carbocycles. The molecule has 2 aliphatic rings. The van der Waals surface area contributed by atoms with Crippen molar-refractivity contribution in [1.29, 1.82) is 0 Å². The number of aryl methyl sites for hydroxylation is 1. The van der Waals surface area contributed by atoms with Crippen LogP contribution in [0, 0.1) is 12.8 Å². The van der Waals surface area contributed by atoms with Crippen LogP contribution in [0.1, 0.15) is 36.8 Å². The summed E-state index contributed by atoms with van der Waals surface area (Å²) in [5.74, 6) is 0.743. The Balaban J connectivity index is 1.61. The van der Waals surface area contributed by atoms with Crippen molar-refractivity contribution in [3.63, 3.8) is 0 Å². The van der Waals surface area contributed by atoms with Crippen molar-refractivity contribution in [3.8, 4) is 0 Å². The SMILES string of the molecule is Cc1ccc(CC2CC(N)CN(C3CCC3)C2)cc1. The van der Waals surface area contributed by atoms with Gasteiger partial charge in [0.05, 0.1) is 0 Å². The van der Waals surface area contributed by atoms with E-state index in [-0.39, 0.29) is 0 Å². The zero-order chi connectivity index (χ0) is 13.2. The highest BCUT2D eigenvalue weighted by Crippen LogP contribution is 2.30. The topological polar surface area (TPSA) is 29.3 Å². The number of piperidine rings is 1. The predicted octanol–water partition coefficient (Wildman–Crippen LogP) is 2.74. The fraction of sp³-hybridized carbons (Fsp3) is 0.647. The average molecular weight is 258 g/mol. The maximum absolute atomic E-state index is 6.27. The van der Waals surface area contributed by atoms with Gasteiger partial charge in [-0.2, -0.15) is 0 Å². The first kappa shape index (κ1) is 13.1. The molecule has 104 valence electrons. The van der Waals surface area contributed by atoms with Crippen molar-refractivity contribution in [1.82, 2.24) is 4.90 Å². The number of benzene rings is 1. The van der Waals surface area contributed by atoms with Crippen molar-refractivity contribution < 1.29 is 0 Å². The van der Waals surface area contributed by atoms with E-state index in [0.29, 0.717) is 6.04 Å². The van der Waals surface area contributed by atoms with Crippen LogP contribution in [0.15, 0.2) is 24.3 Å². The summed E-state index contributed by atoms with van der Waals surface area (Å²) < 4.78 is 0. The number of nitrogens with zero attached hydrogens (tertiary/aromatic N) is 1. The minimum Gasteiger partial charge on any atom is -0.327 e. The third-order valence-electron chi connectivity index (χ3n) is 4.83. The molecule has 1 aliphatic heterocycles. The fourth-order valence-electron chi connectivity index (χ4n) is 3.54. The lowest BCUT2D eigenvalue weighted by molar-refractivity contribution is 0.0669. The normalized spacial score (nSPS) is 29.2. The van der Waals surface area contributed by atoms with Gasteiger partial charge in [-0.15, -0.1) is 0 Å². The Kier molecular flexibility index (Phi) is 3.90. The van der Waals surface area contributed by atoms with E-state index in [4.69, 9.17) is 5.73 Å². The van der Waals surface area contributed by atoms with E-state index >= 15 is 0 Å². The van der Waals surface area contributed by atoms with Crippen LogP contribution in [0.25, 0.3) is 0 Å². The van der Waals surface area contributed by atoms with Gasteiger partial charge in [-0.25, -0.2) is 0 Å². The van der Waals surface area contributed by atoms with Gasteiger partial charge in [0.2, 0.25) is 0 Å². The zero-order valence-electron chi connectivity index (χ0n) is 12.0. The smallest absolute Gasteiger partial charge is 0.0171 e. The Morgan fingerprint density at radius 2 is 1.89 bits per heavy atom. The van der Waals surface area contributed by atoms with Gasteiger partial charge in [-0.3, -0.25) is 4.90 Å². The lowest BCUT2D eigenvalue weighted by Crippen LogP contribution is -2.53. The molecule has 3 rings (SSSR count). The predicted molar refractivity (Wildman–Crippen MR) is 80.2 cm³/mol.